The van der Waals surface area contributed by atoms with Crippen LogP contribution in [0.4, 0.5) is 0 Å². The van der Waals surface area contributed by atoms with Crippen molar-refractivity contribution in [2.24, 2.45) is 0 Å². The summed E-state index contributed by atoms with van der Waals surface area (Å²) in [4.78, 5) is 10.9. The molecule has 0 aliphatic carbocycles. The summed E-state index contributed by atoms with van der Waals surface area (Å²) in [6.07, 6.45) is 1.93. The number of aliphatic hydroxyl groups excluding tert-OH is 1. The lowest BCUT2D eigenvalue weighted by atomic mass is 9.98. The summed E-state index contributed by atoms with van der Waals surface area (Å²) >= 11 is 0. The topological polar surface area (TPSA) is 46.5 Å². The minimum atomic E-state index is -0.339. The molecule has 1 atom stereocenters. The molecule has 0 amide bonds. The summed E-state index contributed by atoms with van der Waals surface area (Å²) in [6.45, 7) is 7.30. The van der Waals surface area contributed by atoms with Gasteiger partial charge in [0.1, 0.15) is 5.75 Å². The Morgan fingerprint density at radius 1 is 1.47 bits per heavy atom. The predicted octanol–water partition coefficient (Wildman–Crippen LogP) is 2.47. The third-order valence-electron chi connectivity index (χ3n) is 2.48. The lowest BCUT2D eigenvalue weighted by molar-refractivity contribution is -0.131. The molecule has 93 valence electrons. The van der Waals surface area contributed by atoms with Crippen LogP contribution < -0.4 is 4.74 Å². The van der Waals surface area contributed by atoms with Gasteiger partial charge in [0.15, 0.2) is 0 Å². The van der Waals surface area contributed by atoms with Gasteiger partial charge in [-0.1, -0.05) is 19.4 Å². The average Bonchev–Trinajstić information content (AvgIpc) is 2.27. The van der Waals surface area contributed by atoms with Gasteiger partial charge in [0.2, 0.25) is 0 Å². The Kier molecular flexibility index (Phi) is 5.16. The molecule has 0 aliphatic heterocycles. The molecule has 3 heteroatoms. The first-order valence-electron chi connectivity index (χ1n) is 5.83. The summed E-state index contributed by atoms with van der Waals surface area (Å²) in [5.74, 6) is -0.00382. The lowest BCUT2D eigenvalue weighted by Gasteiger charge is -2.12. The molecule has 1 rings (SSSR count). The van der Waals surface area contributed by atoms with Crippen LogP contribution in [-0.4, -0.2) is 17.7 Å². The van der Waals surface area contributed by atoms with Crippen molar-refractivity contribution in [3.63, 3.8) is 0 Å². The van der Waals surface area contributed by atoms with E-state index in [1.807, 2.05) is 12.1 Å². The molecule has 0 saturated heterocycles. The molecule has 3 nitrogen and oxygen atoms in total. The van der Waals surface area contributed by atoms with E-state index in [0.717, 1.165) is 24.0 Å². The van der Waals surface area contributed by atoms with Crippen LogP contribution in [-0.2, 0) is 11.2 Å². The van der Waals surface area contributed by atoms with Gasteiger partial charge in [-0.15, -0.1) is 0 Å². The Morgan fingerprint density at radius 3 is 2.71 bits per heavy atom. The van der Waals surface area contributed by atoms with Gasteiger partial charge < -0.3 is 9.84 Å². The van der Waals surface area contributed by atoms with Crippen LogP contribution in [0.2, 0.25) is 0 Å². The number of carbonyl (C=O) groups is 1. The van der Waals surface area contributed by atoms with E-state index in [1.165, 1.54) is 6.92 Å². The maximum Gasteiger partial charge on any atom is 0.308 e. The number of benzene rings is 1. The molecule has 1 N–H and O–H groups in total. The monoisotopic (exact) mass is 235 g/mol. The number of aryl methyl sites for hydroxylation is 1. The van der Waals surface area contributed by atoms with Crippen molar-refractivity contribution < 1.29 is 14.6 Å². The van der Waals surface area contributed by atoms with E-state index in [4.69, 9.17) is 9.84 Å². The SMILES string of the molecule is [CH2]C(CO)c1cc(CCC)cc(OC(C)=O)c1. The van der Waals surface area contributed by atoms with Crippen LogP contribution in [0.5, 0.6) is 5.75 Å². The first-order chi connectivity index (χ1) is 8.06. The van der Waals surface area contributed by atoms with E-state index >= 15 is 0 Å². The second-order valence-corrected chi connectivity index (χ2v) is 4.13. The van der Waals surface area contributed by atoms with Crippen LogP contribution >= 0.6 is 0 Å². The summed E-state index contributed by atoms with van der Waals surface area (Å²) in [6, 6.07) is 5.62. The molecule has 0 aliphatic rings. The molecule has 0 bridgehead atoms. The Hall–Kier alpha value is -1.35. The third-order valence-corrected chi connectivity index (χ3v) is 2.48. The first-order valence-corrected chi connectivity index (χ1v) is 5.83. The van der Waals surface area contributed by atoms with E-state index in [9.17, 15) is 4.79 Å². The van der Waals surface area contributed by atoms with E-state index < -0.39 is 0 Å². The number of rotatable bonds is 5. The van der Waals surface area contributed by atoms with E-state index in [0.29, 0.717) is 5.75 Å². The van der Waals surface area contributed by atoms with E-state index in [1.54, 1.807) is 6.07 Å². The molecule has 17 heavy (non-hydrogen) atoms. The highest BCUT2D eigenvalue weighted by molar-refractivity contribution is 5.69. The van der Waals surface area contributed by atoms with Crippen molar-refractivity contribution in [2.45, 2.75) is 32.6 Å². The molecule has 0 aromatic heterocycles. The fourth-order valence-electron chi connectivity index (χ4n) is 1.69. The van der Waals surface area contributed by atoms with Gasteiger partial charge in [-0.05, 0) is 36.6 Å². The normalized spacial score (nSPS) is 12.2. The van der Waals surface area contributed by atoms with Crippen molar-refractivity contribution in [1.29, 1.82) is 0 Å². The summed E-state index contributed by atoms with van der Waals surface area (Å²) in [5.41, 5.74) is 2.00. The van der Waals surface area contributed by atoms with E-state index in [2.05, 4.69) is 13.8 Å². The van der Waals surface area contributed by atoms with Gasteiger partial charge in [-0.3, -0.25) is 4.79 Å². The molecular formula is C14H19O3. The number of hydrogen-bond acceptors (Lipinski definition) is 3. The fourth-order valence-corrected chi connectivity index (χ4v) is 1.69. The predicted molar refractivity (Wildman–Crippen MR) is 66.9 cm³/mol. The summed E-state index contributed by atoms with van der Waals surface area (Å²) in [7, 11) is 0. The highest BCUT2D eigenvalue weighted by Crippen LogP contribution is 2.24. The largest absolute Gasteiger partial charge is 0.427 e. The van der Waals surface area contributed by atoms with Gasteiger partial charge in [-0.2, -0.15) is 0 Å². The number of esters is 1. The summed E-state index contributed by atoms with van der Waals surface area (Å²) in [5, 5.41) is 9.11. The zero-order chi connectivity index (χ0) is 12.8. The van der Waals surface area contributed by atoms with Crippen LogP contribution in [0.3, 0.4) is 0 Å². The van der Waals surface area contributed by atoms with Crippen molar-refractivity contribution in [3.8, 4) is 5.75 Å². The molecular weight excluding hydrogens is 216 g/mol. The van der Waals surface area contributed by atoms with Crippen LogP contribution in [0, 0.1) is 6.92 Å². The Labute approximate surface area is 102 Å². The first kappa shape index (κ1) is 13.7. The standard InChI is InChI=1S/C14H19O3/c1-4-5-12-6-13(10(2)9-15)8-14(7-12)17-11(3)16/h6-8,10,15H,2,4-5,9H2,1,3H3. The minimum absolute atomic E-state index is 0.0188. The fraction of sp³-hybridized carbons (Fsp3) is 0.429. The van der Waals surface area contributed by atoms with Crippen LogP contribution in [0.15, 0.2) is 18.2 Å². The van der Waals surface area contributed by atoms with Gasteiger partial charge in [0, 0.05) is 19.4 Å². The van der Waals surface area contributed by atoms with Crippen molar-refractivity contribution in [1.82, 2.24) is 0 Å². The van der Waals surface area contributed by atoms with Crippen molar-refractivity contribution in [2.75, 3.05) is 6.61 Å². The molecule has 0 saturated carbocycles. The number of hydrogen-bond donors (Lipinski definition) is 1. The smallest absolute Gasteiger partial charge is 0.308 e. The lowest BCUT2D eigenvalue weighted by Crippen LogP contribution is -2.05. The van der Waals surface area contributed by atoms with Crippen molar-refractivity contribution in [3.05, 3.63) is 36.2 Å². The second kappa shape index (κ2) is 6.40. The molecule has 1 aromatic rings. The molecule has 0 fully saturated rings. The molecule has 0 heterocycles. The average molecular weight is 235 g/mol. The Morgan fingerprint density at radius 2 is 2.18 bits per heavy atom. The highest BCUT2D eigenvalue weighted by atomic mass is 16.5. The van der Waals surface area contributed by atoms with Gasteiger partial charge in [-0.25, -0.2) is 0 Å². The van der Waals surface area contributed by atoms with Gasteiger partial charge >= 0.3 is 5.97 Å². The quantitative estimate of drug-likeness (QED) is 0.630. The van der Waals surface area contributed by atoms with E-state index in [-0.39, 0.29) is 18.5 Å². The molecule has 1 unspecified atom stereocenters. The molecule has 0 spiro atoms. The number of aliphatic hydroxyl groups is 1. The highest BCUT2D eigenvalue weighted by Gasteiger charge is 2.09. The minimum Gasteiger partial charge on any atom is -0.427 e. The zero-order valence-electron chi connectivity index (χ0n) is 10.4. The summed E-state index contributed by atoms with van der Waals surface area (Å²) < 4.78 is 5.09. The Balaban J connectivity index is 3.04. The molecule has 1 aromatic carbocycles. The number of ether oxygens (including phenoxy) is 1. The maximum atomic E-state index is 10.9. The Bertz CT molecular complexity index is 385. The number of carbonyl (C=O) groups excluding carboxylic acids is 1. The molecule has 1 radical (unpaired) electrons. The zero-order valence-corrected chi connectivity index (χ0v) is 10.4. The van der Waals surface area contributed by atoms with Crippen LogP contribution in [0.1, 0.15) is 37.3 Å². The second-order valence-electron chi connectivity index (χ2n) is 4.13. The van der Waals surface area contributed by atoms with Gasteiger partial charge in [0.25, 0.3) is 0 Å². The third kappa shape index (κ3) is 4.19. The van der Waals surface area contributed by atoms with Crippen LogP contribution in [0.25, 0.3) is 0 Å². The maximum absolute atomic E-state index is 10.9. The van der Waals surface area contributed by atoms with Crippen molar-refractivity contribution >= 4 is 5.97 Å². The van der Waals surface area contributed by atoms with Gasteiger partial charge in [0.05, 0.1) is 0 Å².